The number of rotatable bonds is 13. The summed E-state index contributed by atoms with van der Waals surface area (Å²) < 4.78 is 88.3. The lowest BCUT2D eigenvalue weighted by Crippen LogP contribution is -2.53. The number of amides is 1. The van der Waals surface area contributed by atoms with Gasteiger partial charge in [-0.05, 0) is 79.4 Å². The van der Waals surface area contributed by atoms with Gasteiger partial charge in [-0.3, -0.25) is 9.80 Å². The van der Waals surface area contributed by atoms with Crippen LogP contribution in [-0.2, 0) is 22.4 Å². The van der Waals surface area contributed by atoms with Gasteiger partial charge in [-0.25, -0.2) is 19.0 Å². The van der Waals surface area contributed by atoms with Crippen LogP contribution in [0.1, 0.15) is 46.0 Å². The highest BCUT2D eigenvalue weighted by molar-refractivity contribution is 6.35. The molecular formula is C37H34Cl2F5N3O7. The Balaban J connectivity index is 0.00000561. The summed E-state index contributed by atoms with van der Waals surface area (Å²) in [4.78, 5) is 33.6. The molecule has 3 saturated heterocycles. The number of hydrogen-bond acceptors (Lipinski definition) is 8. The highest BCUT2D eigenvalue weighted by atomic mass is 35.5. The number of halogens is 7. The van der Waals surface area contributed by atoms with E-state index >= 15 is 4.39 Å². The normalized spacial score (nSPS) is 18.1. The molecule has 2 atom stereocenters. The number of hydrogen-bond donors (Lipinski definition) is 0. The molecule has 0 aliphatic carbocycles. The molecule has 2 bridgehead atoms. The van der Waals surface area contributed by atoms with Gasteiger partial charge in [0.1, 0.15) is 28.1 Å². The Hall–Kier alpha value is -4.70. The second-order valence-electron chi connectivity index (χ2n) is 12.5. The van der Waals surface area contributed by atoms with Crippen molar-refractivity contribution in [2.24, 2.45) is 5.92 Å². The van der Waals surface area contributed by atoms with Crippen molar-refractivity contribution in [2.45, 2.75) is 51.2 Å². The van der Waals surface area contributed by atoms with Crippen molar-refractivity contribution in [1.29, 1.82) is 0 Å². The van der Waals surface area contributed by atoms with Gasteiger partial charge in [0.25, 0.3) is 0 Å². The number of fused-ring (bicyclic) bond motifs is 3. The molecule has 0 saturated carbocycles. The van der Waals surface area contributed by atoms with Gasteiger partial charge < -0.3 is 24.4 Å². The van der Waals surface area contributed by atoms with Crippen molar-refractivity contribution in [3.05, 3.63) is 117 Å². The third-order valence-corrected chi connectivity index (χ3v) is 9.80. The van der Waals surface area contributed by atoms with Crippen molar-refractivity contribution in [1.82, 2.24) is 4.90 Å². The first-order valence-corrected chi connectivity index (χ1v) is 17.3. The number of carbonyl (C=O) groups excluding carboxylic acids is 2. The van der Waals surface area contributed by atoms with E-state index in [0.29, 0.717) is 17.7 Å². The standard InChI is InChI=1S/C37H32Cl2F5N3O6.H2O/c38-26-17-45-18-27(39)25(26)16-31(23-8-9-30(51-35(41)42)32(15-23)52-36(43)44)50-34(48)24-5-3-4-21(14-24)19-47(29-7-2-1-6-28(29)40)37(49)53-33-20-46-12-10-22(33)11-13-46;/h1-9,14-15,17-18,22,31,33,35-36H,10-13,16,19-20H2;1H2/t31-,33-;/m0./s1. The molecule has 3 aliphatic heterocycles. The minimum absolute atomic E-state index is 0. The van der Waals surface area contributed by atoms with Crippen LogP contribution in [0.25, 0.3) is 0 Å². The molecule has 3 aliphatic rings. The second-order valence-corrected chi connectivity index (χ2v) is 13.3. The van der Waals surface area contributed by atoms with Crippen LogP contribution in [0.5, 0.6) is 11.5 Å². The topological polar surface area (TPSA) is 122 Å². The van der Waals surface area contributed by atoms with Gasteiger partial charge in [-0.2, -0.15) is 17.6 Å². The molecule has 3 aromatic carbocycles. The van der Waals surface area contributed by atoms with E-state index in [-0.39, 0.29) is 57.3 Å². The monoisotopic (exact) mass is 797 g/mol. The summed E-state index contributed by atoms with van der Waals surface area (Å²) in [5.41, 5.74) is 0.822. The van der Waals surface area contributed by atoms with Crippen molar-refractivity contribution < 1.29 is 60.9 Å². The largest absolute Gasteiger partial charge is 0.870 e. The molecule has 0 spiro atoms. The molecule has 4 aromatic rings. The molecule has 1 amide bonds. The van der Waals surface area contributed by atoms with Crippen LogP contribution in [0.4, 0.5) is 32.4 Å². The van der Waals surface area contributed by atoms with Crippen molar-refractivity contribution in [3.63, 3.8) is 0 Å². The number of nitrogens with one attached hydrogen (secondary N) is 1. The van der Waals surface area contributed by atoms with E-state index in [1.807, 2.05) is 0 Å². The number of pyridine rings is 1. The third kappa shape index (κ3) is 9.88. The van der Waals surface area contributed by atoms with Crippen LogP contribution in [-0.4, -0.2) is 61.4 Å². The highest BCUT2D eigenvalue weighted by Crippen LogP contribution is 2.37. The Bertz CT molecular complexity index is 1920. The first kappa shape index (κ1) is 40.5. The molecule has 2 N–H and O–H groups in total. The number of anilines is 1. The third-order valence-electron chi connectivity index (χ3n) is 9.12. The summed E-state index contributed by atoms with van der Waals surface area (Å²) in [6, 6.07) is 15.1. The second kappa shape index (κ2) is 18.1. The van der Waals surface area contributed by atoms with E-state index in [1.54, 1.807) is 18.2 Å². The van der Waals surface area contributed by atoms with Crippen LogP contribution in [0.15, 0.2) is 79.1 Å². The number of benzene rings is 3. The number of esters is 1. The number of ether oxygens (including phenoxy) is 4. The van der Waals surface area contributed by atoms with Crippen molar-refractivity contribution >= 4 is 41.0 Å². The zero-order chi connectivity index (χ0) is 37.6. The number of alkyl halides is 4. The highest BCUT2D eigenvalue weighted by Gasteiger charge is 2.38. The van der Waals surface area contributed by atoms with Gasteiger partial charge in [0.05, 0.1) is 17.8 Å². The number of nitrogens with zero attached hydrogens (tertiary/aromatic N) is 2. The number of carbonyl (C=O) groups is 2. The predicted molar refractivity (Wildman–Crippen MR) is 185 cm³/mol. The van der Waals surface area contributed by atoms with Crippen LogP contribution >= 0.6 is 23.2 Å². The summed E-state index contributed by atoms with van der Waals surface area (Å²) in [5.74, 6) is -2.71. The van der Waals surface area contributed by atoms with Gasteiger partial charge in [0, 0.05) is 18.5 Å². The molecule has 17 heteroatoms. The average molecular weight is 799 g/mol. The molecule has 288 valence electrons. The zero-order valence-electron chi connectivity index (χ0n) is 28.3. The van der Waals surface area contributed by atoms with E-state index in [1.165, 1.54) is 53.7 Å². The first-order chi connectivity index (χ1) is 25.4. The Morgan fingerprint density at radius 2 is 1.57 bits per heavy atom. The molecule has 0 radical (unpaired) electrons. The molecule has 1 aromatic heterocycles. The van der Waals surface area contributed by atoms with Crippen LogP contribution in [0, 0.1) is 11.7 Å². The molecule has 4 heterocycles. The smallest absolute Gasteiger partial charge is 0.415 e. The summed E-state index contributed by atoms with van der Waals surface area (Å²) in [5, 5.41) is 0.334. The van der Waals surface area contributed by atoms with E-state index < -0.39 is 48.7 Å². The molecule has 10 nitrogen and oxygen atoms in total. The lowest BCUT2D eigenvalue weighted by molar-refractivity contribution is -0.377. The summed E-state index contributed by atoms with van der Waals surface area (Å²) in [7, 11) is 0. The molecule has 3 fully saturated rings. The first-order valence-electron chi connectivity index (χ1n) is 16.6. The summed E-state index contributed by atoms with van der Waals surface area (Å²) in [6.45, 7) is -4.42. The maximum absolute atomic E-state index is 15.1. The lowest BCUT2D eigenvalue weighted by Gasteiger charge is -2.44. The lowest BCUT2D eigenvalue weighted by atomic mass is 9.86. The quantitative estimate of drug-likeness (QED) is 0.0978. The maximum Gasteiger partial charge on any atom is 0.415 e. The predicted octanol–water partition coefficient (Wildman–Crippen LogP) is 8.35. The number of para-hydroxylation sites is 1. The number of aromatic nitrogens is 1. The van der Waals surface area contributed by atoms with E-state index in [9.17, 15) is 27.2 Å². The minimum atomic E-state index is -3.39. The van der Waals surface area contributed by atoms with Gasteiger partial charge >= 0.3 is 25.3 Å². The molecular weight excluding hydrogens is 764 g/mol. The van der Waals surface area contributed by atoms with Gasteiger partial charge in [-0.1, -0.05) is 53.5 Å². The fourth-order valence-corrected chi connectivity index (χ4v) is 7.06. The Morgan fingerprint density at radius 3 is 2.22 bits per heavy atom. The van der Waals surface area contributed by atoms with E-state index in [2.05, 4.69) is 19.4 Å². The van der Waals surface area contributed by atoms with Crippen LogP contribution in [0.3, 0.4) is 0 Å². The Kier molecular flexibility index (Phi) is 13.6. The Morgan fingerprint density at radius 1 is 0.889 bits per heavy atom. The zero-order valence-corrected chi connectivity index (χ0v) is 29.8. The fraction of sp³-hybridized carbons (Fsp3) is 0.324. The summed E-state index contributed by atoms with van der Waals surface area (Å²) >= 11 is 12.8. The molecule has 7 rings (SSSR count). The van der Waals surface area contributed by atoms with Crippen molar-refractivity contribution in [2.75, 3.05) is 24.5 Å². The Labute approximate surface area is 316 Å². The SMILES string of the molecule is O=C(O[C@@H](Cc1c(Cl)c[nH+]cc1Cl)c1ccc(OC(F)F)c(OC(F)F)c1)c1cccc(CN(C(=O)O[C@H]2CN3CCC2CC3)c2ccccc2F)c1.[OH-]. The fourth-order valence-electron chi connectivity index (χ4n) is 6.52. The number of piperidine rings is 3. The van der Waals surface area contributed by atoms with E-state index in [0.717, 1.165) is 38.1 Å². The van der Waals surface area contributed by atoms with Gasteiger partial charge in [0.2, 0.25) is 0 Å². The molecule has 54 heavy (non-hydrogen) atoms. The number of H-pyrrole nitrogens is 1. The maximum atomic E-state index is 15.1. The number of aromatic amines is 1. The van der Waals surface area contributed by atoms with Crippen molar-refractivity contribution in [3.8, 4) is 11.5 Å². The van der Waals surface area contributed by atoms with Crippen LogP contribution < -0.4 is 19.4 Å². The van der Waals surface area contributed by atoms with Gasteiger partial charge in [-0.15, -0.1) is 0 Å². The van der Waals surface area contributed by atoms with Gasteiger partial charge in [0.15, 0.2) is 23.9 Å². The van der Waals surface area contributed by atoms with Crippen LogP contribution in [0.2, 0.25) is 10.0 Å². The average Bonchev–Trinajstić information content (AvgIpc) is 3.13. The van der Waals surface area contributed by atoms with E-state index in [4.69, 9.17) is 32.7 Å². The summed E-state index contributed by atoms with van der Waals surface area (Å²) in [6.07, 6.45) is 2.14. The minimum Gasteiger partial charge on any atom is -0.870 e. The molecule has 0 unspecified atom stereocenters.